The van der Waals surface area contributed by atoms with Crippen LogP contribution in [0.4, 0.5) is 26.3 Å². The molecule has 0 fully saturated rings. The van der Waals surface area contributed by atoms with Gasteiger partial charge in [0.15, 0.2) is 11.5 Å². The molecule has 0 aromatic heterocycles. The van der Waals surface area contributed by atoms with Gasteiger partial charge in [0.25, 0.3) is 0 Å². The molecule has 0 radical (unpaired) electrons. The molecule has 0 aliphatic carbocycles. The van der Waals surface area contributed by atoms with Crippen LogP contribution in [0.3, 0.4) is 0 Å². The van der Waals surface area contributed by atoms with E-state index in [0.717, 1.165) is 0 Å². The Labute approximate surface area is 136 Å². The van der Waals surface area contributed by atoms with E-state index in [1.54, 1.807) is 21.3 Å². The van der Waals surface area contributed by atoms with Crippen molar-refractivity contribution in [1.29, 1.82) is 0 Å². The highest BCUT2D eigenvalue weighted by molar-refractivity contribution is 8.08. The minimum absolute atomic E-state index is 0.627. The lowest BCUT2D eigenvalue weighted by atomic mass is 10.3. The molecule has 12 heteroatoms. The second-order valence-electron chi connectivity index (χ2n) is 3.32. The van der Waals surface area contributed by atoms with E-state index in [-0.39, 0.29) is 0 Å². The second-order valence-corrected chi connectivity index (χ2v) is 5.13. The molecular weight excluding hydrogens is 374 g/mol. The molecule has 0 aliphatic heterocycles. The number of methoxy groups -OCH3 is 3. The second kappa shape index (κ2) is 9.88. The summed E-state index contributed by atoms with van der Waals surface area (Å²) in [5, 5.41) is 0. The summed E-state index contributed by atoms with van der Waals surface area (Å²) in [7, 11) is 4.77. The van der Waals surface area contributed by atoms with E-state index in [1.165, 1.54) is 0 Å². The summed E-state index contributed by atoms with van der Waals surface area (Å²) in [6, 6.07) is 5.49. The first-order valence-electron chi connectivity index (χ1n) is 5.46. The van der Waals surface area contributed by atoms with Crippen LogP contribution in [0.25, 0.3) is 0 Å². The molecule has 0 N–H and O–H groups in total. The van der Waals surface area contributed by atoms with Crippen LogP contribution < -0.4 is 14.2 Å². The fourth-order valence-corrected chi connectivity index (χ4v) is 1.87. The van der Waals surface area contributed by atoms with E-state index in [2.05, 4.69) is 3.63 Å². The number of para-hydroxylation sites is 1. The molecule has 0 saturated heterocycles. The number of alkyl halides is 6. The Morgan fingerprint density at radius 3 is 1.39 bits per heavy atom. The van der Waals surface area contributed by atoms with Gasteiger partial charge in [0.05, 0.1) is 21.3 Å². The maximum absolute atomic E-state index is 11.1. The first kappa shape index (κ1) is 21.9. The monoisotopic (exact) mass is 386 g/mol. The number of hydrogen-bond donors (Lipinski definition) is 0. The smallest absolute Gasteiger partial charge is 0.469 e. The molecule has 1 rings (SSSR count). The van der Waals surface area contributed by atoms with Crippen LogP contribution >= 0.6 is 24.1 Å². The molecule has 0 atom stereocenters. The summed E-state index contributed by atoms with van der Waals surface area (Å²) in [6.07, 6.45) is 0. The number of halogens is 6. The largest absolute Gasteiger partial charge is 0.493 e. The van der Waals surface area contributed by atoms with Crippen LogP contribution in [-0.4, -0.2) is 32.3 Å². The molecule has 134 valence electrons. The average Bonchev–Trinajstić information content (AvgIpc) is 2.44. The summed E-state index contributed by atoms with van der Waals surface area (Å²) in [5.41, 5.74) is -9.61. The summed E-state index contributed by atoms with van der Waals surface area (Å²) in [6.45, 7) is 0. The Morgan fingerprint density at radius 2 is 1.13 bits per heavy atom. The molecule has 0 aliphatic rings. The van der Waals surface area contributed by atoms with E-state index in [4.69, 9.17) is 14.2 Å². The zero-order chi connectivity index (χ0) is 18.1. The molecule has 0 saturated carbocycles. The zero-order valence-electron chi connectivity index (χ0n) is 11.9. The van der Waals surface area contributed by atoms with Gasteiger partial charge in [-0.25, -0.2) is 3.63 Å². The lowest BCUT2D eigenvalue weighted by Gasteiger charge is -2.10. The van der Waals surface area contributed by atoms with Crippen molar-refractivity contribution >= 4 is 24.1 Å². The van der Waals surface area contributed by atoms with Gasteiger partial charge in [-0.3, -0.25) is 0 Å². The number of hydrogen-bond acceptors (Lipinski definition) is 6. The van der Waals surface area contributed by atoms with Crippen molar-refractivity contribution in [3.05, 3.63) is 18.2 Å². The number of ether oxygens (including phenoxy) is 3. The highest BCUT2D eigenvalue weighted by atomic mass is 32.2. The van der Waals surface area contributed by atoms with Crippen molar-refractivity contribution in [3.8, 4) is 17.2 Å². The third-order valence-electron chi connectivity index (χ3n) is 1.84. The maximum Gasteiger partial charge on any atom is 0.469 e. The third-order valence-corrected chi connectivity index (χ3v) is 2.77. The van der Waals surface area contributed by atoms with E-state index in [1.807, 2.05) is 18.2 Å². The van der Waals surface area contributed by atoms with Crippen LogP contribution in [-0.2, 0) is 3.63 Å². The van der Waals surface area contributed by atoms with Crippen molar-refractivity contribution < 1.29 is 44.2 Å². The zero-order valence-corrected chi connectivity index (χ0v) is 13.6. The first-order chi connectivity index (χ1) is 10.5. The quantitative estimate of drug-likeness (QED) is 0.521. The molecule has 4 nitrogen and oxygen atoms in total. The van der Waals surface area contributed by atoms with Crippen molar-refractivity contribution in [2.45, 2.75) is 11.0 Å². The number of benzene rings is 1. The average molecular weight is 386 g/mol. The van der Waals surface area contributed by atoms with Crippen LogP contribution in [0.1, 0.15) is 0 Å². The Hall–Kier alpha value is -1.14. The summed E-state index contributed by atoms with van der Waals surface area (Å²) < 4.78 is 84.9. The highest BCUT2D eigenvalue weighted by Gasteiger charge is 2.36. The normalized spacial score (nSPS) is 11.3. The predicted octanol–water partition coefficient (Wildman–Crippen LogP) is 5.05. The Kier molecular flexibility index (Phi) is 9.39. The molecule has 1 aromatic rings. The Morgan fingerprint density at radius 1 is 0.739 bits per heavy atom. The van der Waals surface area contributed by atoms with Gasteiger partial charge in [-0.2, -0.15) is 26.3 Å². The Balaban J connectivity index is 0.000000423. The topological polar surface area (TPSA) is 36.9 Å². The minimum Gasteiger partial charge on any atom is -0.493 e. The van der Waals surface area contributed by atoms with Crippen molar-refractivity contribution in [2.24, 2.45) is 0 Å². The van der Waals surface area contributed by atoms with Crippen molar-refractivity contribution in [1.82, 2.24) is 0 Å². The Bertz CT molecular complexity index is 431. The van der Waals surface area contributed by atoms with Crippen molar-refractivity contribution in [3.63, 3.8) is 0 Å². The molecule has 1 aromatic carbocycles. The van der Waals surface area contributed by atoms with E-state index in [0.29, 0.717) is 17.2 Å². The summed E-state index contributed by atoms with van der Waals surface area (Å²) >= 11 is -2.39. The highest BCUT2D eigenvalue weighted by Crippen LogP contribution is 2.40. The van der Waals surface area contributed by atoms with Gasteiger partial charge >= 0.3 is 11.0 Å². The lowest BCUT2D eigenvalue weighted by Crippen LogP contribution is -2.03. The van der Waals surface area contributed by atoms with Gasteiger partial charge in [-0.15, -0.1) is 0 Å². The molecular formula is C11H12F6O4S2. The predicted molar refractivity (Wildman–Crippen MR) is 74.5 cm³/mol. The van der Waals surface area contributed by atoms with Crippen LogP contribution in [0.15, 0.2) is 18.2 Å². The first-order valence-corrected chi connectivity index (χ1v) is 6.94. The third kappa shape index (κ3) is 10.3. The fourth-order valence-electron chi connectivity index (χ4n) is 1.11. The molecule has 0 spiro atoms. The van der Waals surface area contributed by atoms with Crippen LogP contribution in [0.5, 0.6) is 17.2 Å². The fraction of sp³-hybridized carbons (Fsp3) is 0.455. The van der Waals surface area contributed by atoms with Gasteiger partial charge < -0.3 is 14.2 Å². The molecule has 0 amide bonds. The van der Waals surface area contributed by atoms with E-state index in [9.17, 15) is 26.3 Å². The van der Waals surface area contributed by atoms with Gasteiger partial charge in [0, 0.05) is 0 Å². The lowest BCUT2D eigenvalue weighted by molar-refractivity contribution is -0.0416. The van der Waals surface area contributed by atoms with E-state index < -0.39 is 35.1 Å². The molecule has 0 unspecified atom stereocenters. The standard InChI is InChI=1S/C9H12O3.C2F6OS2/c1-10-7-5-4-6-8(11-2)9(7)12-3;3-1(4,5)10-9-11-2(6,7)8/h4-6H,1-3H3;. The molecule has 23 heavy (non-hydrogen) atoms. The van der Waals surface area contributed by atoms with Crippen LogP contribution in [0, 0.1) is 0 Å². The van der Waals surface area contributed by atoms with Gasteiger partial charge in [-0.1, -0.05) is 6.07 Å². The maximum atomic E-state index is 11.1. The van der Waals surface area contributed by atoms with Gasteiger partial charge in [0.2, 0.25) is 5.75 Å². The molecule has 0 heterocycles. The van der Waals surface area contributed by atoms with Gasteiger partial charge in [0.1, 0.15) is 24.1 Å². The minimum atomic E-state index is -4.81. The summed E-state index contributed by atoms with van der Waals surface area (Å²) in [4.78, 5) is 0. The van der Waals surface area contributed by atoms with Crippen molar-refractivity contribution in [2.75, 3.05) is 21.3 Å². The molecule has 0 bridgehead atoms. The van der Waals surface area contributed by atoms with E-state index >= 15 is 0 Å². The van der Waals surface area contributed by atoms with Crippen LogP contribution in [0.2, 0.25) is 0 Å². The number of rotatable bonds is 5. The van der Waals surface area contributed by atoms with Gasteiger partial charge in [-0.05, 0) is 12.1 Å². The SMILES string of the molecule is COc1cccc(OC)c1OC.FC(F)(F)SOSC(F)(F)F. The summed E-state index contributed by atoms with van der Waals surface area (Å²) in [5.74, 6) is 1.98.